The first-order valence-corrected chi connectivity index (χ1v) is 8.62. The Hall–Kier alpha value is -3.07. The summed E-state index contributed by atoms with van der Waals surface area (Å²) in [6, 6.07) is 9.68. The first kappa shape index (κ1) is 18.7. The van der Waals surface area contributed by atoms with Crippen molar-refractivity contribution in [3.63, 3.8) is 0 Å². The quantitative estimate of drug-likeness (QED) is 0.675. The predicted octanol–water partition coefficient (Wildman–Crippen LogP) is 4.38. The van der Waals surface area contributed by atoms with Crippen molar-refractivity contribution in [2.45, 2.75) is 13.5 Å². The molecule has 3 aromatic rings. The van der Waals surface area contributed by atoms with Gasteiger partial charge in [0.05, 0.1) is 18.5 Å². The third-order valence-electron chi connectivity index (χ3n) is 3.52. The molecule has 6 nitrogen and oxygen atoms in total. The second-order valence-electron chi connectivity index (χ2n) is 5.35. The molecule has 0 aliphatic rings. The molecular formula is C18H15F2N3O3S. The van der Waals surface area contributed by atoms with Crippen LogP contribution in [0.15, 0.2) is 42.6 Å². The molecule has 27 heavy (non-hydrogen) atoms. The van der Waals surface area contributed by atoms with Gasteiger partial charge < -0.3 is 14.8 Å². The van der Waals surface area contributed by atoms with Gasteiger partial charge in [-0.1, -0.05) is 6.07 Å². The number of amides is 1. The van der Waals surface area contributed by atoms with Crippen LogP contribution in [0, 0.1) is 6.92 Å². The minimum atomic E-state index is -3.01. The molecule has 1 N–H and O–H groups in total. The lowest BCUT2D eigenvalue weighted by Crippen LogP contribution is -2.12. The van der Waals surface area contributed by atoms with E-state index in [4.69, 9.17) is 4.74 Å². The fourth-order valence-electron chi connectivity index (χ4n) is 2.34. The fraction of sp³-hybridized carbons (Fsp3) is 0.167. The van der Waals surface area contributed by atoms with Gasteiger partial charge in [-0.25, -0.2) is 4.98 Å². The molecule has 0 spiro atoms. The van der Waals surface area contributed by atoms with Crippen molar-refractivity contribution < 1.29 is 23.0 Å². The Labute approximate surface area is 157 Å². The Bertz CT molecular complexity index is 948. The second-order valence-corrected chi connectivity index (χ2v) is 6.35. The molecule has 0 radical (unpaired) electrons. The molecule has 2 heterocycles. The van der Waals surface area contributed by atoms with Gasteiger partial charge in [-0.2, -0.15) is 8.78 Å². The van der Waals surface area contributed by atoms with Gasteiger partial charge in [0.15, 0.2) is 11.5 Å². The van der Waals surface area contributed by atoms with E-state index >= 15 is 0 Å². The number of rotatable bonds is 6. The number of aromatic nitrogens is 2. The average Bonchev–Trinajstić information content (AvgIpc) is 3.04. The molecule has 0 atom stereocenters. The number of benzene rings is 1. The van der Waals surface area contributed by atoms with Crippen molar-refractivity contribution in [3.05, 3.63) is 53.2 Å². The Morgan fingerprint density at radius 1 is 1.22 bits per heavy atom. The number of ether oxygens (including phenoxy) is 2. The molecule has 0 unspecified atom stereocenters. The van der Waals surface area contributed by atoms with Crippen LogP contribution in [0.25, 0.3) is 10.7 Å². The van der Waals surface area contributed by atoms with Crippen LogP contribution >= 0.6 is 11.3 Å². The number of hydrogen-bond donors (Lipinski definition) is 1. The van der Waals surface area contributed by atoms with Gasteiger partial charge in [-0.05, 0) is 31.2 Å². The number of hydrogen-bond acceptors (Lipinski definition) is 6. The maximum absolute atomic E-state index is 12.6. The SMILES string of the molecule is COc1ccc(NC(=O)c2sc(-c3ccccn3)nc2C)cc1OC(F)F. The summed E-state index contributed by atoms with van der Waals surface area (Å²) in [5.74, 6) is -0.430. The highest BCUT2D eigenvalue weighted by molar-refractivity contribution is 7.17. The number of thiazole rings is 1. The van der Waals surface area contributed by atoms with Crippen LogP contribution in [0.5, 0.6) is 11.5 Å². The highest BCUT2D eigenvalue weighted by Crippen LogP contribution is 2.32. The molecule has 0 saturated carbocycles. The zero-order chi connectivity index (χ0) is 19.4. The molecule has 0 fully saturated rings. The molecule has 0 bridgehead atoms. The minimum Gasteiger partial charge on any atom is -0.493 e. The summed E-state index contributed by atoms with van der Waals surface area (Å²) in [6.45, 7) is -1.29. The minimum absolute atomic E-state index is 0.139. The lowest BCUT2D eigenvalue weighted by Gasteiger charge is -2.12. The largest absolute Gasteiger partial charge is 0.493 e. The summed E-state index contributed by atoms with van der Waals surface area (Å²) in [4.78, 5) is 21.6. The van der Waals surface area contributed by atoms with Crippen molar-refractivity contribution in [1.82, 2.24) is 9.97 Å². The number of pyridine rings is 1. The Morgan fingerprint density at radius 3 is 2.70 bits per heavy atom. The number of methoxy groups -OCH3 is 1. The molecule has 1 amide bonds. The third kappa shape index (κ3) is 4.37. The van der Waals surface area contributed by atoms with Gasteiger partial charge in [0.2, 0.25) is 0 Å². The summed E-state index contributed by atoms with van der Waals surface area (Å²) < 4.78 is 34.5. The highest BCUT2D eigenvalue weighted by atomic mass is 32.1. The number of carbonyl (C=O) groups excluding carboxylic acids is 1. The van der Waals surface area contributed by atoms with E-state index in [1.807, 2.05) is 6.07 Å². The Morgan fingerprint density at radius 2 is 2.04 bits per heavy atom. The molecule has 0 aliphatic heterocycles. The van der Waals surface area contributed by atoms with Gasteiger partial charge in [0.1, 0.15) is 9.88 Å². The molecule has 3 rings (SSSR count). The normalized spacial score (nSPS) is 10.7. The summed E-state index contributed by atoms with van der Waals surface area (Å²) in [5.41, 5.74) is 1.51. The zero-order valence-electron chi connectivity index (χ0n) is 14.4. The van der Waals surface area contributed by atoms with Gasteiger partial charge in [-0.3, -0.25) is 9.78 Å². The van der Waals surface area contributed by atoms with Crippen LogP contribution in [0.3, 0.4) is 0 Å². The topological polar surface area (TPSA) is 73.3 Å². The number of halogens is 2. The van der Waals surface area contributed by atoms with E-state index in [1.165, 1.54) is 36.6 Å². The van der Waals surface area contributed by atoms with E-state index in [0.29, 0.717) is 27.0 Å². The number of anilines is 1. The summed E-state index contributed by atoms with van der Waals surface area (Å²) in [6.07, 6.45) is 1.65. The lowest BCUT2D eigenvalue weighted by molar-refractivity contribution is -0.0511. The van der Waals surface area contributed by atoms with Crippen molar-refractivity contribution >= 4 is 22.9 Å². The average molecular weight is 391 g/mol. The second kappa shape index (κ2) is 8.09. The van der Waals surface area contributed by atoms with Crippen molar-refractivity contribution in [1.29, 1.82) is 0 Å². The Balaban J connectivity index is 1.82. The molecule has 140 valence electrons. The van der Waals surface area contributed by atoms with Gasteiger partial charge in [0, 0.05) is 18.0 Å². The fourth-order valence-corrected chi connectivity index (χ4v) is 3.27. The lowest BCUT2D eigenvalue weighted by atomic mass is 10.2. The molecule has 0 saturated heterocycles. The van der Waals surface area contributed by atoms with Crippen LogP contribution in [-0.2, 0) is 0 Å². The highest BCUT2D eigenvalue weighted by Gasteiger charge is 2.18. The summed E-state index contributed by atoms with van der Waals surface area (Å²) >= 11 is 1.20. The van der Waals surface area contributed by atoms with Gasteiger partial charge >= 0.3 is 6.61 Å². The van der Waals surface area contributed by atoms with Crippen LogP contribution in [0.2, 0.25) is 0 Å². The van der Waals surface area contributed by atoms with Gasteiger partial charge in [-0.15, -0.1) is 11.3 Å². The molecule has 1 aromatic carbocycles. The predicted molar refractivity (Wildman–Crippen MR) is 97.7 cm³/mol. The molecule has 0 aliphatic carbocycles. The van der Waals surface area contributed by atoms with E-state index in [1.54, 1.807) is 25.3 Å². The number of carbonyl (C=O) groups is 1. The number of nitrogens with zero attached hydrogens (tertiary/aromatic N) is 2. The van der Waals surface area contributed by atoms with Gasteiger partial charge in [0.25, 0.3) is 5.91 Å². The van der Waals surface area contributed by atoms with Crippen LogP contribution in [-0.4, -0.2) is 29.6 Å². The number of nitrogens with one attached hydrogen (secondary N) is 1. The molecular weight excluding hydrogens is 376 g/mol. The van der Waals surface area contributed by atoms with Crippen LogP contribution in [0.1, 0.15) is 15.4 Å². The maximum atomic E-state index is 12.6. The molecule has 9 heteroatoms. The van der Waals surface area contributed by atoms with Crippen molar-refractivity contribution in [2.75, 3.05) is 12.4 Å². The van der Waals surface area contributed by atoms with E-state index in [2.05, 4.69) is 20.0 Å². The maximum Gasteiger partial charge on any atom is 0.387 e. The first-order chi connectivity index (χ1) is 13.0. The number of alkyl halides is 2. The first-order valence-electron chi connectivity index (χ1n) is 7.81. The van der Waals surface area contributed by atoms with Crippen molar-refractivity contribution in [3.8, 4) is 22.2 Å². The standard InChI is InChI=1S/C18H15F2N3O3S/c1-10-15(27-17(22-10)12-5-3-4-8-21-12)16(24)23-11-6-7-13(25-2)14(9-11)26-18(19)20/h3-9,18H,1-2H3,(H,23,24). The van der Waals surface area contributed by atoms with Crippen LogP contribution < -0.4 is 14.8 Å². The third-order valence-corrected chi connectivity index (χ3v) is 4.70. The van der Waals surface area contributed by atoms with E-state index in [9.17, 15) is 13.6 Å². The Kier molecular flexibility index (Phi) is 5.60. The van der Waals surface area contributed by atoms with E-state index in [0.717, 1.165) is 0 Å². The summed E-state index contributed by atoms with van der Waals surface area (Å²) in [7, 11) is 1.34. The van der Waals surface area contributed by atoms with E-state index < -0.39 is 12.5 Å². The smallest absolute Gasteiger partial charge is 0.387 e. The van der Waals surface area contributed by atoms with Crippen LogP contribution in [0.4, 0.5) is 14.5 Å². The molecule has 2 aromatic heterocycles. The summed E-state index contributed by atoms with van der Waals surface area (Å²) in [5, 5.41) is 3.28. The van der Waals surface area contributed by atoms with E-state index in [-0.39, 0.29) is 11.5 Å². The monoisotopic (exact) mass is 391 g/mol. The van der Waals surface area contributed by atoms with Crippen molar-refractivity contribution in [2.24, 2.45) is 0 Å². The number of aryl methyl sites for hydroxylation is 1. The zero-order valence-corrected chi connectivity index (χ0v) is 15.2.